The quantitative estimate of drug-likeness (QED) is 0.528. The fourth-order valence-electron chi connectivity index (χ4n) is 4.34. The Morgan fingerprint density at radius 1 is 0.857 bits per heavy atom. The Morgan fingerprint density at radius 3 is 2.23 bits per heavy atom. The van der Waals surface area contributed by atoms with Crippen molar-refractivity contribution in [3.05, 3.63) is 114 Å². The number of benzene rings is 3. The number of ether oxygens (including phenoxy) is 1. The van der Waals surface area contributed by atoms with Gasteiger partial charge in [-0.05, 0) is 36.6 Å². The topological polar surface area (TPSA) is 58.6 Å². The predicted molar refractivity (Wildman–Crippen MR) is 138 cm³/mol. The highest BCUT2D eigenvalue weighted by atomic mass is 16.5. The predicted octanol–water partition coefficient (Wildman–Crippen LogP) is 5.34. The van der Waals surface area contributed by atoms with Crippen LogP contribution in [0, 0.1) is 0 Å². The van der Waals surface area contributed by atoms with Crippen molar-refractivity contribution in [3.63, 3.8) is 0 Å². The second kappa shape index (κ2) is 11.5. The number of amides is 2. The number of hydrogen-bond acceptors (Lipinski definition) is 3. The van der Waals surface area contributed by atoms with Crippen molar-refractivity contribution in [1.29, 1.82) is 0 Å². The van der Waals surface area contributed by atoms with Gasteiger partial charge in [0, 0.05) is 19.9 Å². The second-order valence-electron chi connectivity index (χ2n) is 8.96. The summed E-state index contributed by atoms with van der Waals surface area (Å²) in [7, 11) is 1.69. The molecule has 3 atom stereocenters. The largest absolute Gasteiger partial charge is 0.490 e. The first kappa shape index (κ1) is 24.3. The van der Waals surface area contributed by atoms with E-state index in [9.17, 15) is 9.59 Å². The molecular formula is C30H32N2O3. The van der Waals surface area contributed by atoms with Gasteiger partial charge in [-0.15, -0.1) is 0 Å². The minimum atomic E-state index is -0.687. The molecular weight excluding hydrogens is 436 g/mol. The van der Waals surface area contributed by atoms with Gasteiger partial charge in [-0.3, -0.25) is 9.59 Å². The summed E-state index contributed by atoms with van der Waals surface area (Å²) in [6, 6.07) is 26.1. The fraction of sp³-hybridized carbons (Fsp3) is 0.267. The van der Waals surface area contributed by atoms with Crippen molar-refractivity contribution >= 4 is 11.8 Å². The van der Waals surface area contributed by atoms with E-state index in [2.05, 4.69) is 17.5 Å². The molecule has 0 saturated carbocycles. The van der Waals surface area contributed by atoms with Crippen LogP contribution in [-0.2, 0) is 11.2 Å². The number of nitrogens with one attached hydrogen (secondary N) is 1. The average molecular weight is 469 g/mol. The van der Waals surface area contributed by atoms with Crippen LogP contribution in [0.2, 0.25) is 0 Å². The minimum absolute atomic E-state index is 0.0988. The molecule has 1 aliphatic rings. The zero-order valence-electron chi connectivity index (χ0n) is 20.3. The lowest BCUT2D eigenvalue weighted by Crippen LogP contribution is -2.49. The van der Waals surface area contributed by atoms with Crippen LogP contribution in [0.25, 0.3) is 0 Å². The second-order valence-corrected chi connectivity index (χ2v) is 8.96. The molecule has 5 heteroatoms. The summed E-state index contributed by atoms with van der Waals surface area (Å²) < 4.78 is 6.15. The van der Waals surface area contributed by atoms with Crippen LogP contribution in [0.5, 0.6) is 5.75 Å². The Hall–Kier alpha value is -3.86. The Balaban J connectivity index is 1.73. The van der Waals surface area contributed by atoms with Gasteiger partial charge in [-0.2, -0.15) is 0 Å². The lowest BCUT2D eigenvalue weighted by molar-refractivity contribution is -0.126. The van der Waals surface area contributed by atoms with Gasteiger partial charge in [0.05, 0.1) is 17.7 Å². The van der Waals surface area contributed by atoms with E-state index in [4.69, 9.17) is 4.74 Å². The lowest BCUT2D eigenvalue weighted by atomic mass is 9.99. The highest BCUT2D eigenvalue weighted by Crippen LogP contribution is 2.25. The van der Waals surface area contributed by atoms with Crippen molar-refractivity contribution in [3.8, 4) is 5.75 Å². The molecule has 0 aromatic heterocycles. The molecule has 0 fully saturated rings. The molecule has 1 heterocycles. The molecule has 3 aromatic rings. The molecule has 35 heavy (non-hydrogen) atoms. The highest BCUT2D eigenvalue weighted by molar-refractivity contribution is 5.99. The maximum absolute atomic E-state index is 13.7. The molecule has 4 rings (SSSR count). The van der Waals surface area contributed by atoms with E-state index in [0.717, 1.165) is 11.1 Å². The van der Waals surface area contributed by atoms with Gasteiger partial charge in [0.1, 0.15) is 11.8 Å². The standard InChI is InChI=1S/C30H32N2O3/c1-22-13-9-11-19-26(24-16-7-4-8-17-24)31-29(33)27(21-23-14-5-3-6-15-23)32(2)30(34)25-18-10-12-20-28(25)35-22/h3-12,14-18,20,22,26-27H,13,19,21H2,1-2H3,(H,31,33)/b11-9+/t22-,26+,27-/m1/s1. The van der Waals surface area contributed by atoms with Crippen molar-refractivity contribution in [2.75, 3.05) is 7.05 Å². The Kier molecular flexibility index (Phi) is 7.99. The van der Waals surface area contributed by atoms with Crippen LogP contribution in [0.4, 0.5) is 0 Å². The molecule has 0 bridgehead atoms. The van der Waals surface area contributed by atoms with Crippen molar-refractivity contribution in [2.24, 2.45) is 0 Å². The maximum Gasteiger partial charge on any atom is 0.258 e. The molecule has 5 nitrogen and oxygen atoms in total. The average Bonchev–Trinajstić information content (AvgIpc) is 2.89. The van der Waals surface area contributed by atoms with Gasteiger partial charge >= 0.3 is 0 Å². The van der Waals surface area contributed by atoms with Crippen LogP contribution in [0.3, 0.4) is 0 Å². The SMILES string of the molecule is C[C@@H]1C/C=C/C[C@@H](c2ccccc2)NC(=O)[C@@H](Cc2ccccc2)N(C)C(=O)c2ccccc2O1. The molecule has 1 N–H and O–H groups in total. The number of hydrogen-bond donors (Lipinski definition) is 1. The van der Waals surface area contributed by atoms with Gasteiger partial charge in [0.25, 0.3) is 5.91 Å². The molecule has 3 aromatic carbocycles. The molecule has 0 saturated heterocycles. The lowest BCUT2D eigenvalue weighted by Gasteiger charge is -2.30. The van der Waals surface area contributed by atoms with Crippen LogP contribution >= 0.6 is 0 Å². The van der Waals surface area contributed by atoms with E-state index in [0.29, 0.717) is 30.6 Å². The van der Waals surface area contributed by atoms with Gasteiger partial charge in [-0.1, -0.05) is 84.9 Å². The molecule has 1 aliphatic heterocycles. The maximum atomic E-state index is 13.7. The number of carbonyl (C=O) groups excluding carboxylic acids is 2. The molecule has 2 amide bonds. The van der Waals surface area contributed by atoms with Crippen LogP contribution in [-0.4, -0.2) is 35.9 Å². The summed E-state index contributed by atoms with van der Waals surface area (Å²) in [4.78, 5) is 28.9. The summed E-state index contributed by atoms with van der Waals surface area (Å²) in [5, 5.41) is 3.23. The minimum Gasteiger partial charge on any atom is -0.490 e. The number of para-hydroxylation sites is 1. The zero-order chi connectivity index (χ0) is 24.6. The monoisotopic (exact) mass is 468 g/mol. The number of fused-ring (bicyclic) bond motifs is 1. The molecule has 0 radical (unpaired) electrons. The van der Waals surface area contributed by atoms with Crippen LogP contribution in [0.15, 0.2) is 97.1 Å². The van der Waals surface area contributed by atoms with E-state index in [1.54, 1.807) is 18.0 Å². The Labute approximate surface area is 207 Å². The van der Waals surface area contributed by atoms with Crippen molar-refractivity contribution in [2.45, 2.75) is 44.4 Å². The first-order valence-electron chi connectivity index (χ1n) is 12.1. The van der Waals surface area contributed by atoms with Gasteiger partial charge in [0.15, 0.2) is 0 Å². The molecule has 0 spiro atoms. The smallest absolute Gasteiger partial charge is 0.258 e. The third-order valence-corrected chi connectivity index (χ3v) is 6.33. The van der Waals surface area contributed by atoms with Gasteiger partial charge < -0.3 is 15.0 Å². The summed E-state index contributed by atoms with van der Waals surface area (Å²) in [6.45, 7) is 2.00. The number of carbonyl (C=O) groups is 2. The summed E-state index contributed by atoms with van der Waals surface area (Å²) in [5.41, 5.74) is 2.47. The summed E-state index contributed by atoms with van der Waals surface area (Å²) in [5.74, 6) is 0.104. The number of rotatable bonds is 3. The van der Waals surface area contributed by atoms with E-state index in [1.165, 1.54) is 0 Å². The fourth-order valence-corrected chi connectivity index (χ4v) is 4.34. The van der Waals surface area contributed by atoms with Crippen LogP contribution < -0.4 is 10.1 Å². The van der Waals surface area contributed by atoms with E-state index in [1.807, 2.05) is 85.8 Å². The Bertz CT molecular complexity index is 1160. The zero-order valence-corrected chi connectivity index (χ0v) is 20.3. The first-order valence-corrected chi connectivity index (χ1v) is 12.1. The first-order chi connectivity index (χ1) is 17.0. The third-order valence-electron chi connectivity index (χ3n) is 6.33. The summed E-state index contributed by atoms with van der Waals surface area (Å²) >= 11 is 0. The number of likely N-dealkylation sites (N-methyl/N-ethyl adjacent to an activating group) is 1. The van der Waals surface area contributed by atoms with Crippen molar-refractivity contribution < 1.29 is 14.3 Å². The van der Waals surface area contributed by atoms with Crippen LogP contribution in [0.1, 0.15) is 47.3 Å². The normalized spacial score (nSPS) is 22.3. The van der Waals surface area contributed by atoms with Gasteiger partial charge in [0.2, 0.25) is 5.91 Å². The van der Waals surface area contributed by atoms with Crippen molar-refractivity contribution in [1.82, 2.24) is 10.2 Å². The Morgan fingerprint density at radius 2 is 1.49 bits per heavy atom. The molecule has 0 unspecified atom stereocenters. The summed E-state index contributed by atoms with van der Waals surface area (Å²) in [6.07, 6.45) is 5.83. The van der Waals surface area contributed by atoms with E-state index < -0.39 is 6.04 Å². The van der Waals surface area contributed by atoms with E-state index in [-0.39, 0.29) is 24.0 Å². The van der Waals surface area contributed by atoms with E-state index >= 15 is 0 Å². The third kappa shape index (κ3) is 6.18. The van der Waals surface area contributed by atoms with Gasteiger partial charge in [-0.25, -0.2) is 0 Å². The number of nitrogens with zero attached hydrogens (tertiary/aromatic N) is 1. The highest BCUT2D eigenvalue weighted by Gasteiger charge is 2.31. The molecule has 0 aliphatic carbocycles. The molecule has 180 valence electrons.